The maximum Gasteiger partial charge on any atom is 0.255 e. The highest BCUT2D eigenvalue weighted by atomic mass is 16.2. The van der Waals surface area contributed by atoms with E-state index in [9.17, 15) is 9.59 Å². The molecular weight excluding hydrogens is 264 g/mol. The van der Waals surface area contributed by atoms with E-state index in [0.29, 0.717) is 5.56 Å². The molecule has 0 atom stereocenters. The summed E-state index contributed by atoms with van der Waals surface area (Å²) in [6.45, 7) is 1.41. The highest BCUT2D eigenvalue weighted by Crippen LogP contribution is 2.06. The van der Waals surface area contributed by atoms with E-state index < -0.39 is 0 Å². The Morgan fingerprint density at radius 3 is 2.05 bits per heavy atom. The molecular formula is C17H16N2O2. The van der Waals surface area contributed by atoms with Crippen molar-refractivity contribution in [2.24, 2.45) is 0 Å². The van der Waals surface area contributed by atoms with Crippen LogP contribution in [-0.4, -0.2) is 11.7 Å². The van der Waals surface area contributed by atoms with Gasteiger partial charge in [-0.1, -0.05) is 36.4 Å². The van der Waals surface area contributed by atoms with Crippen LogP contribution in [0.4, 0.5) is 5.69 Å². The van der Waals surface area contributed by atoms with E-state index in [2.05, 4.69) is 10.6 Å². The van der Waals surface area contributed by atoms with Gasteiger partial charge in [0.15, 0.2) is 5.78 Å². The molecule has 106 valence electrons. The number of nitrogens with one attached hydrogen (secondary N) is 2. The van der Waals surface area contributed by atoms with Crippen molar-refractivity contribution in [3.05, 3.63) is 78.1 Å². The Kier molecular flexibility index (Phi) is 4.88. The van der Waals surface area contributed by atoms with Crippen LogP contribution in [0.2, 0.25) is 0 Å². The zero-order chi connectivity index (χ0) is 15.1. The predicted octanol–water partition coefficient (Wildman–Crippen LogP) is 2.96. The summed E-state index contributed by atoms with van der Waals surface area (Å²) in [4.78, 5) is 23.6. The number of para-hydroxylation sites is 1. The Morgan fingerprint density at radius 1 is 0.905 bits per heavy atom. The number of benzene rings is 2. The van der Waals surface area contributed by atoms with Gasteiger partial charge < -0.3 is 10.6 Å². The summed E-state index contributed by atoms with van der Waals surface area (Å²) in [6.07, 6.45) is 1.50. The van der Waals surface area contributed by atoms with E-state index in [4.69, 9.17) is 0 Å². The number of rotatable bonds is 5. The number of amides is 1. The van der Waals surface area contributed by atoms with Crippen LogP contribution in [-0.2, 0) is 4.79 Å². The molecule has 0 radical (unpaired) electrons. The quantitative estimate of drug-likeness (QED) is 0.828. The number of anilines is 1. The molecule has 4 heteroatoms. The van der Waals surface area contributed by atoms with Crippen molar-refractivity contribution < 1.29 is 9.59 Å². The van der Waals surface area contributed by atoms with Crippen molar-refractivity contribution in [3.63, 3.8) is 0 Å². The largest absolute Gasteiger partial charge is 0.360 e. The Bertz CT molecular complexity index is 649. The number of carbonyl (C=O) groups excluding carboxylic acids is 2. The van der Waals surface area contributed by atoms with Gasteiger partial charge in [-0.25, -0.2) is 0 Å². The number of hydrogen-bond donors (Lipinski definition) is 2. The first-order chi connectivity index (χ1) is 10.2. The SMILES string of the molecule is CC(=O)/C(=C/Nc1ccccc1)NC(=O)c1ccccc1. The Balaban J connectivity index is 2.09. The van der Waals surface area contributed by atoms with E-state index in [1.165, 1.54) is 13.1 Å². The van der Waals surface area contributed by atoms with Crippen molar-refractivity contribution in [2.75, 3.05) is 5.32 Å². The van der Waals surface area contributed by atoms with Gasteiger partial charge in [-0.05, 0) is 24.3 Å². The molecule has 0 heterocycles. The molecule has 0 aliphatic rings. The summed E-state index contributed by atoms with van der Waals surface area (Å²) in [6, 6.07) is 18.2. The third-order valence-electron chi connectivity index (χ3n) is 2.82. The van der Waals surface area contributed by atoms with Crippen LogP contribution in [0, 0.1) is 0 Å². The molecule has 0 bridgehead atoms. The van der Waals surface area contributed by atoms with E-state index in [0.717, 1.165) is 5.69 Å². The number of Topliss-reactive ketones (excluding diaryl/α,β-unsaturated/α-hetero) is 1. The lowest BCUT2D eigenvalue weighted by Gasteiger charge is -2.08. The van der Waals surface area contributed by atoms with Crippen molar-refractivity contribution >= 4 is 17.4 Å². The number of carbonyl (C=O) groups is 2. The van der Waals surface area contributed by atoms with E-state index in [1.807, 2.05) is 36.4 Å². The van der Waals surface area contributed by atoms with Crippen molar-refractivity contribution in [2.45, 2.75) is 6.92 Å². The van der Waals surface area contributed by atoms with Crippen LogP contribution in [0.5, 0.6) is 0 Å². The molecule has 2 rings (SSSR count). The fraction of sp³-hybridized carbons (Fsp3) is 0.0588. The number of allylic oxidation sites excluding steroid dienone is 1. The first kappa shape index (κ1) is 14.5. The van der Waals surface area contributed by atoms with Gasteiger partial charge in [0.25, 0.3) is 5.91 Å². The molecule has 0 aliphatic carbocycles. The topological polar surface area (TPSA) is 58.2 Å². The second kappa shape index (κ2) is 7.05. The van der Waals surface area contributed by atoms with Crippen LogP contribution in [0.15, 0.2) is 72.6 Å². The van der Waals surface area contributed by atoms with Gasteiger partial charge in [0.05, 0.1) is 0 Å². The van der Waals surface area contributed by atoms with E-state index in [-0.39, 0.29) is 17.4 Å². The molecule has 1 amide bonds. The minimum Gasteiger partial charge on any atom is -0.360 e. The van der Waals surface area contributed by atoms with Crippen molar-refractivity contribution in [1.82, 2.24) is 5.32 Å². The monoisotopic (exact) mass is 280 g/mol. The normalized spacial score (nSPS) is 10.8. The molecule has 0 saturated carbocycles. The summed E-state index contributed by atoms with van der Waals surface area (Å²) in [5.41, 5.74) is 1.56. The van der Waals surface area contributed by atoms with Gasteiger partial charge in [0.2, 0.25) is 0 Å². The molecule has 0 unspecified atom stereocenters. The van der Waals surface area contributed by atoms with Crippen molar-refractivity contribution in [1.29, 1.82) is 0 Å². The number of hydrogen-bond acceptors (Lipinski definition) is 3. The van der Waals surface area contributed by atoms with Crippen molar-refractivity contribution in [3.8, 4) is 0 Å². The first-order valence-electron chi connectivity index (χ1n) is 6.56. The summed E-state index contributed by atoms with van der Waals surface area (Å²) in [5.74, 6) is -0.533. The maximum absolute atomic E-state index is 12.0. The zero-order valence-corrected chi connectivity index (χ0v) is 11.7. The Labute approximate surface area is 123 Å². The van der Waals surface area contributed by atoms with Gasteiger partial charge in [-0.3, -0.25) is 9.59 Å². The Hall–Kier alpha value is -2.88. The molecule has 0 aromatic heterocycles. The average Bonchev–Trinajstić information content (AvgIpc) is 2.52. The second-order valence-corrected chi connectivity index (χ2v) is 4.44. The molecule has 0 aliphatic heterocycles. The first-order valence-corrected chi connectivity index (χ1v) is 6.56. The molecule has 4 nitrogen and oxygen atoms in total. The smallest absolute Gasteiger partial charge is 0.255 e. The summed E-state index contributed by atoms with van der Waals surface area (Å²) < 4.78 is 0. The lowest BCUT2D eigenvalue weighted by atomic mass is 10.2. The van der Waals surface area contributed by atoms with Gasteiger partial charge in [-0.15, -0.1) is 0 Å². The molecule has 2 N–H and O–H groups in total. The Morgan fingerprint density at radius 2 is 1.48 bits per heavy atom. The summed E-state index contributed by atoms with van der Waals surface area (Å²) >= 11 is 0. The lowest BCUT2D eigenvalue weighted by Crippen LogP contribution is -2.27. The zero-order valence-electron chi connectivity index (χ0n) is 11.7. The third kappa shape index (κ3) is 4.31. The molecule has 0 fully saturated rings. The highest BCUT2D eigenvalue weighted by Gasteiger charge is 2.10. The van der Waals surface area contributed by atoms with Gasteiger partial charge in [0, 0.05) is 24.4 Å². The molecule has 21 heavy (non-hydrogen) atoms. The minimum absolute atomic E-state index is 0.215. The summed E-state index contributed by atoms with van der Waals surface area (Å²) in [5, 5.41) is 5.60. The lowest BCUT2D eigenvalue weighted by molar-refractivity contribution is -0.113. The minimum atomic E-state index is -0.313. The van der Waals surface area contributed by atoms with Crippen LogP contribution < -0.4 is 10.6 Å². The van der Waals surface area contributed by atoms with E-state index >= 15 is 0 Å². The van der Waals surface area contributed by atoms with Crippen LogP contribution in [0.25, 0.3) is 0 Å². The third-order valence-corrected chi connectivity index (χ3v) is 2.82. The standard InChI is InChI=1S/C17H16N2O2/c1-13(20)16(12-18-15-10-6-3-7-11-15)19-17(21)14-8-4-2-5-9-14/h2-12,18H,1H3,(H,19,21)/b16-12-. The van der Waals surface area contributed by atoms with E-state index in [1.54, 1.807) is 24.3 Å². The van der Waals surface area contributed by atoms with Gasteiger partial charge >= 0.3 is 0 Å². The predicted molar refractivity (Wildman–Crippen MR) is 82.7 cm³/mol. The summed E-state index contributed by atoms with van der Waals surface area (Å²) in [7, 11) is 0. The highest BCUT2D eigenvalue weighted by molar-refractivity contribution is 6.02. The fourth-order valence-electron chi connectivity index (χ4n) is 1.70. The molecule has 0 spiro atoms. The van der Waals surface area contributed by atoms with Crippen LogP contribution in [0.1, 0.15) is 17.3 Å². The van der Waals surface area contributed by atoms with Crippen LogP contribution >= 0.6 is 0 Å². The molecule has 2 aromatic carbocycles. The maximum atomic E-state index is 12.0. The molecule has 2 aromatic rings. The average molecular weight is 280 g/mol. The van der Waals surface area contributed by atoms with Crippen LogP contribution in [0.3, 0.4) is 0 Å². The fourth-order valence-corrected chi connectivity index (χ4v) is 1.70. The van der Waals surface area contributed by atoms with Gasteiger partial charge in [-0.2, -0.15) is 0 Å². The van der Waals surface area contributed by atoms with Gasteiger partial charge in [0.1, 0.15) is 5.70 Å². The molecule has 0 saturated heterocycles. The second-order valence-electron chi connectivity index (χ2n) is 4.44. The number of ketones is 1.